The summed E-state index contributed by atoms with van der Waals surface area (Å²) in [6.07, 6.45) is 0.236. The van der Waals surface area contributed by atoms with E-state index in [4.69, 9.17) is 0 Å². The van der Waals surface area contributed by atoms with Crippen molar-refractivity contribution in [2.75, 3.05) is 11.5 Å². The predicted molar refractivity (Wildman–Crippen MR) is 106 cm³/mol. The molecule has 1 aromatic carbocycles. The summed E-state index contributed by atoms with van der Waals surface area (Å²) in [6, 6.07) is 9.66. The number of amidine groups is 1. The third kappa shape index (κ3) is 4.25. The molecule has 1 aromatic heterocycles. The third-order valence-corrected chi connectivity index (χ3v) is 8.69. The topological polar surface area (TPSA) is 66.8 Å². The number of carbonyl (C=O) groups excluding carboxylic acids is 1. The fourth-order valence-electron chi connectivity index (χ4n) is 3.32. The second-order valence-electron chi connectivity index (χ2n) is 6.60. The molecular formula is C18H17FN2O3S3. The molecule has 0 spiro atoms. The van der Waals surface area contributed by atoms with Crippen LogP contribution in [-0.4, -0.2) is 47.2 Å². The number of thiophene rings is 1. The van der Waals surface area contributed by atoms with E-state index in [0.717, 1.165) is 10.4 Å². The Bertz CT molecular complexity index is 972. The van der Waals surface area contributed by atoms with E-state index in [2.05, 4.69) is 4.99 Å². The van der Waals surface area contributed by atoms with Gasteiger partial charge in [0.25, 0.3) is 5.91 Å². The molecule has 0 N–H and O–H groups in total. The fraction of sp³-hybridized carbons (Fsp3) is 0.333. The minimum atomic E-state index is -3.09. The lowest BCUT2D eigenvalue weighted by Crippen LogP contribution is -2.37. The molecule has 2 aromatic rings. The minimum absolute atomic E-state index is 0.0595. The quantitative estimate of drug-likeness (QED) is 0.755. The molecule has 2 aliphatic heterocycles. The second-order valence-corrected chi connectivity index (χ2v) is 11.0. The first-order chi connectivity index (χ1) is 12.9. The number of benzene rings is 1. The van der Waals surface area contributed by atoms with E-state index in [1.165, 1.54) is 35.2 Å². The SMILES string of the molecule is O=C(Cc1cccs1)N=C1SC2CS(=O)(=O)CC2N1Cc1ccc(F)cc1. The zero-order valence-electron chi connectivity index (χ0n) is 14.2. The average Bonchev–Trinajstić information content (AvgIpc) is 3.27. The number of carbonyl (C=O) groups is 1. The maximum absolute atomic E-state index is 13.2. The summed E-state index contributed by atoms with van der Waals surface area (Å²) in [5, 5.41) is 2.35. The Morgan fingerprint density at radius 1 is 1.22 bits per heavy atom. The van der Waals surface area contributed by atoms with Gasteiger partial charge < -0.3 is 4.90 Å². The molecule has 2 aliphatic rings. The van der Waals surface area contributed by atoms with Crippen LogP contribution in [0.3, 0.4) is 0 Å². The predicted octanol–water partition coefficient (Wildman–Crippen LogP) is 2.73. The van der Waals surface area contributed by atoms with E-state index in [-0.39, 0.29) is 40.9 Å². The van der Waals surface area contributed by atoms with Crippen LogP contribution in [0.1, 0.15) is 10.4 Å². The number of hydrogen-bond donors (Lipinski definition) is 0. The first-order valence-electron chi connectivity index (χ1n) is 8.42. The Morgan fingerprint density at radius 2 is 2.00 bits per heavy atom. The molecule has 5 nitrogen and oxygen atoms in total. The average molecular weight is 425 g/mol. The van der Waals surface area contributed by atoms with Gasteiger partial charge in [-0.1, -0.05) is 30.0 Å². The Balaban J connectivity index is 1.58. The lowest BCUT2D eigenvalue weighted by atomic mass is 10.1. The van der Waals surface area contributed by atoms with Crippen molar-refractivity contribution in [2.24, 2.45) is 4.99 Å². The first kappa shape index (κ1) is 18.6. The number of aliphatic imine (C=N–C) groups is 1. The third-order valence-electron chi connectivity index (χ3n) is 4.57. The van der Waals surface area contributed by atoms with Gasteiger partial charge >= 0.3 is 0 Å². The van der Waals surface area contributed by atoms with Crippen molar-refractivity contribution in [1.29, 1.82) is 0 Å². The second kappa shape index (κ2) is 7.37. The summed E-state index contributed by atoms with van der Waals surface area (Å²) in [5.74, 6) is -0.410. The molecule has 2 atom stereocenters. The van der Waals surface area contributed by atoms with Crippen LogP contribution in [0, 0.1) is 5.82 Å². The van der Waals surface area contributed by atoms with Crippen molar-refractivity contribution in [3.63, 3.8) is 0 Å². The number of nitrogens with zero attached hydrogens (tertiary/aromatic N) is 2. The molecule has 2 saturated heterocycles. The van der Waals surface area contributed by atoms with Crippen LogP contribution in [0.5, 0.6) is 0 Å². The lowest BCUT2D eigenvalue weighted by Gasteiger charge is -2.24. The van der Waals surface area contributed by atoms with E-state index in [1.54, 1.807) is 12.1 Å². The van der Waals surface area contributed by atoms with Gasteiger partial charge in [-0.3, -0.25) is 4.79 Å². The van der Waals surface area contributed by atoms with Crippen molar-refractivity contribution < 1.29 is 17.6 Å². The molecule has 2 unspecified atom stereocenters. The summed E-state index contributed by atoms with van der Waals surface area (Å²) < 4.78 is 37.2. The van der Waals surface area contributed by atoms with Gasteiger partial charge in [-0.05, 0) is 29.1 Å². The summed E-state index contributed by atoms with van der Waals surface area (Å²) in [5.41, 5.74) is 0.848. The Labute approximate surface area is 165 Å². The highest BCUT2D eigenvalue weighted by molar-refractivity contribution is 8.15. The number of sulfone groups is 1. The molecular weight excluding hydrogens is 407 g/mol. The number of hydrogen-bond acceptors (Lipinski definition) is 5. The summed E-state index contributed by atoms with van der Waals surface area (Å²) in [6.45, 7) is 0.398. The van der Waals surface area contributed by atoms with Crippen LogP contribution < -0.4 is 0 Å². The van der Waals surface area contributed by atoms with E-state index in [0.29, 0.717) is 11.7 Å². The van der Waals surface area contributed by atoms with Gasteiger partial charge in [0.05, 0.1) is 24.0 Å². The molecule has 0 radical (unpaired) electrons. The first-order valence-corrected chi connectivity index (χ1v) is 12.0. The highest BCUT2D eigenvalue weighted by Crippen LogP contribution is 2.39. The van der Waals surface area contributed by atoms with E-state index >= 15 is 0 Å². The zero-order chi connectivity index (χ0) is 19.0. The summed E-state index contributed by atoms with van der Waals surface area (Å²) in [4.78, 5) is 19.5. The molecule has 142 valence electrons. The molecule has 1 amide bonds. The molecule has 0 aliphatic carbocycles. The molecule has 2 fully saturated rings. The van der Waals surface area contributed by atoms with E-state index in [1.807, 2.05) is 22.4 Å². The van der Waals surface area contributed by atoms with Crippen LogP contribution in [-0.2, 0) is 27.6 Å². The van der Waals surface area contributed by atoms with Gasteiger partial charge in [0.2, 0.25) is 0 Å². The van der Waals surface area contributed by atoms with Gasteiger partial charge in [-0.15, -0.1) is 11.3 Å². The highest BCUT2D eigenvalue weighted by Gasteiger charge is 2.48. The monoisotopic (exact) mass is 424 g/mol. The fourth-order valence-corrected chi connectivity index (χ4v) is 7.98. The normalized spacial score (nSPS) is 25.1. The zero-order valence-corrected chi connectivity index (χ0v) is 16.7. The Kier molecular flexibility index (Phi) is 5.09. The van der Waals surface area contributed by atoms with Crippen LogP contribution in [0.2, 0.25) is 0 Å². The maximum Gasteiger partial charge on any atom is 0.253 e. The number of thioether (sulfide) groups is 1. The minimum Gasteiger partial charge on any atom is -0.342 e. The molecule has 4 rings (SSSR count). The van der Waals surface area contributed by atoms with Gasteiger partial charge in [-0.2, -0.15) is 4.99 Å². The van der Waals surface area contributed by atoms with Crippen molar-refractivity contribution in [3.8, 4) is 0 Å². The number of rotatable bonds is 4. The van der Waals surface area contributed by atoms with Crippen LogP contribution in [0.4, 0.5) is 4.39 Å². The Morgan fingerprint density at radius 3 is 2.70 bits per heavy atom. The standard InChI is InChI=1S/C18H17FN2O3S3/c19-13-5-3-12(4-6-13)9-21-15-10-27(23,24)11-16(15)26-18(21)20-17(22)8-14-2-1-7-25-14/h1-7,15-16H,8-11H2. The maximum atomic E-state index is 13.2. The highest BCUT2D eigenvalue weighted by atomic mass is 32.2. The van der Waals surface area contributed by atoms with E-state index in [9.17, 15) is 17.6 Å². The van der Waals surface area contributed by atoms with Gasteiger partial charge in [0.15, 0.2) is 15.0 Å². The molecule has 9 heteroatoms. The smallest absolute Gasteiger partial charge is 0.253 e. The molecule has 27 heavy (non-hydrogen) atoms. The van der Waals surface area contributed by atoms with Gasteiger partial charge in [0.1, 0.15) is 5.82 Å². The van der Waals surface area contributed by atoms with Crippen LogP contribution in [0.25, 0.3) is 0 Å². The number of amides is 1. The van der Waals surface area contributed by atoms with Crippen molar-refractivity contribution in [3.05, 3.63) is 58.0 Å². The number of fused-ring (bicyclic) bond motifs is 1. The van der Waals surface area contributed by atoms with Crippen molar-refractivity contribution in [1.82, 2.24) is 4.90 Å². The van der Waals surface area contributed by atoms with E-state index < -0.39 is 9.84 Å². The lowest BCUT2D eigenvalue weighted by molar-refractivity contribution is -0.117. The Hall–Kier alpha value is -1.71. The van der Waals surface area contributed by atoms with Crippen LogP contribution in [0.15, 0.2) is 46.8 Å². The largest absolute Gasteiger partial charge is 0.342 e. The van der Waals surface area contributed by atoms with Crippen molar-refractivity contribution >= 4 is 44.0 Å². The summed E-state index contributed by atoms with van der Waals surface area (Å²) >= 11 is 2.87. The van der Waals surface area contributed by atoms with Crippen LogP contribution >= 0.6 is 23.1 Å². The summed E-state index contributed by atoms with van der Waals surface area (Å²) in [7, 11) is -3.09. The van der Waals surface area contributed by atoms with Gasteiger partial charge in [-0.25, -0.2) is 12.8 Å². The molecule has 0 saturated carbocycles. The van der Waals surface area contributed by atoms with Crippen molar-refractivity contribution in [2.45, 2.75) is 24.3 Å². The molecule has 3 heterocycles. The number of halogens is 1. The molecule has 0 bridgehead atoms. The van der Waals surface area contributed by atoms with Gasteiger partial charge in [0, 0.05) is 16.7 Å².